The van der Waals surface area contributed by atoms with E-state index in [1.165, 1.54) is 0 Å². The Bertz CT molecular complexity index is 257. The molecule has 0 N–H and O–H groups in total. The molecule has 0 spiro atoms. The first-order valence-electron chi connectivity index (χ1n) is 4.04. The topological polar surface area (TPSA) is 30.2 Å². The van der Waals surface area contributed by atoms with Crippen LogP contribution in [0.3, 0.4) is 0 Å². The van der Waals surface area contributed by atoms with Crippen LogP contribution >= 0.6 is 0 Å². The summed E-state index contributed by atoms with van der Waals surface area (Å²) in [6.07, 6.45) is 7.78. The van der Waals surface area contributed by atoms with Gasteiger partial charge in [0.15, 0.2) is 0 Å². The second-order valence-electron chi connectivity index (χ2n) is 2.64. The fourth-order valence-electron chi connectivity index (χ4n) is 1.02. The van der Waals surface area contributed by atoms with Gasteiger partial charge in [0.05, 0.1) is 12.5 Å². The molecule has 1 heterocycles. The molecule has 0 aromatic carbocycles. The zero-order chi connectivity index (χ0) is 8.81. The number of rotatable bonds is 4. The molecule has 1 aromatic rings. The molecule has 0 amide bonds. The summed E-state index contributed by atoms with van der Waals surface area (Å²) in [6, 6.07) is 1.83. The maximum atomic E-state index is 10.5. The van der Waals surface area contributed by atoms with E-state index < -0.39 is 0 Å². The smallest absolute Gasteiger partial charge is 0.146 e. The first-order chi connectivity index (χ1) is 5.86. The number of carbonyl (C=O) groups excluding carboxylic acids is 1. The van der Waals surface area contributed by atoms with E-state index in [0.717, 1.165) is 30.3 Å². The van der Waals surface area contributed by atoms with Gasteiger partial charge >= 0.3 is 0 Å². The highest BCUT2D eigenvalue weighted by Crippen LogP contribution is 2.09. The van der Waals surface area contributed by atoms with Gasteiger partial charge in [-0.25, -0.2) is 0 Å². The minimum absolute atomic E-state index is 0.818. The van der Waals surface area contributed by atoms with Crippen LogP contribution in [0.15, 0.2) is 28.6 Å². The van der Waals surface area contributed by atoms with Crippen molar-refractivity contribution >= 4 is 12.4 Å². The Hall–Kier alpha value is -1.31. The number of carbonyl (C=O) groups is 1. The van der Waals surface area contributed by atoms with Crippen molar-refractivity contribution in [3.05, 3.63) is 29.7 Å². The average molecular weight is 164 g/mol. The molecule has 0 aliphatic heterocycles. The first-order valence-corrected chi connectivity index (χ1v) is 4.04. The lowest BCUT2D eigenvalue weighted by Gasteiger charge is -1.93. The molecular formula is C10H12O2. The van der Waals surface area contributed by atoms with Crippen molar-refractivity contribution in [2.24, 2.45) is 0 Å². The van der Waals surface area contributed by atoms with Gasteiger partial charge in [0.2, 0.25) is 0 Å². The molecule has 1 rings (SSSR count). The summed E-state index contributed by atoms with van der Waals surface area (Å²) in [7, 11) is 0. The molecular weight excluding hydrogens is 152 g/mol. The lowest BCUT2D eigenvalue weighted by Crippen LogP contribution is -1.82. The van der Waals surface area contributed by atoms with E-state index in [1.54, 1.807) is 12.5 Å². The number of furan rings is 1. The second-order valence-corrected chi connectivity index (χ2v) is 2.64. The highest BCUT2D eigenvalue weighted by Gasteiger charge is 1.94. The third kappa shape index (κ3) is 2.38. The maximum Gasteiger partial charge on any atom is 0.146 e. The van der Waals surface area contributed by atoms with Crippen molar-refractivity contribution in [1.29, 1.82) is 0 Å². The molecule has 0 aliphatic carbocycles. The molecule has 12 heavy (non-hydrogen) atoms. The zero-order valence-electron chi connectivity index (χ0n) is 7.12. The van der Waals surface area contributed by atoms with Gasteiger partial charge in [-0.1, -0.05) is 13.3 Å². The summed E-state index contributed by atoms with van der Waals surface area (Å²) in [4.78, 5) is 10.5. The van der Waals surface area contributed by atoms with Gasteiger partial charge in [-0.05, 0) is 24.1 Å². The van der Waals surface area contributed by atoms with Crippen LogP contribution in [0, 0.1) is 0 Å². The van der Waals surface area contributed by atoms with E-state index in [0.29, 0.717) is 0 Å². The predicted molar refractivity (Wildman–Crippen MR) is 47.7 cm³/mol. The number of hydrogen-bond acceptors (Lipinski definition) is 2. The van der Waals surface area contributed by atoms with Crippen LogP contribution in [0.25, 0.3) is 6.08 Å². The van der Waals surface area contributed by atoms with Gasteiger partial charge < -0.3 is 4.42 Å². The SMILES string of the molecule is CCCC(C=O)=Cc1ccoc1. The van der Waals surface area contributed by atoms with Crippen LogP contribution in [0.2, 0.25) is 0 Å². The summed E-state index contributed by atoms with van der Waals surface area (Å²) in [5.41, 5.74) is 1.77. The molecule has 0 fully saturated rings. The van der Waals surface area contributed by atoms with Gasteiger partial charge in [-0.2, -0.15) is 0 Å². The summed E-state index contributed by atoms with van der Waals surface area (Å²) in [5, 5.41) is 0. The predicted octanol–water partition coefficient (Wildman–Crippen LogP) is 2.66. The van der Waals surface area contributed by atoms with Gasteiger partial charge in [-0.15, -0.1) is 0 Å². The average Bonchev–Trinajstić information content (AvgIpc) is 2.56. The third-order valence-electron chi connectivity index (χ3n) is 1.59. The van der Waals surface area contributed by atoms with E-state index in [9.17, 15) is 4.79 Å². The number of allylic oxidation sites excluding steroid dienone is 1. The number of aldehydes is 1. The largest absolute Gasteiger partial charge is 0.472 e. The molecule has 0 aliphatic rings. The highest BCUT2D eigenvalue weighted by atomic mass is 16.3. The van der Waals surface area contributed by atoms with Crippen LogP contribution in [0.5, 0.6) is 0 Å². The van der Waals surface area contributed by atoms with E-state index in [1.807, 2.05) is 19.1 Å². The van der Waals surface area contributed by atoms with Crippen molar-refractivity contribution in [3.63, 3.8) is 0 Å². The normalized spacial score (nSPS) is 11.6. The molecule has 64 valence electrons. The molecule has 2 heteroatoms. The molecule has 1 aromatic heterocycles. The summed E-state index contributed by atoms with van der Waals surface area (Å²) in [6.45, 7) is 2.05. The zero-order valence-corrected chi connectivity index (χ0v) is 7.12. The Kier molecular flexibility index (Phi) is 3.33. The van der Waals surface area contributed by atoms with Crippen molar-refractivity contribution in [2.75, 3.05) is 0 Å². The van der Waals surface area contributed by atoms with Crippen LogP contribution in [-0.4, -0.2) is 6.29 Å². The van der Waals surface area contributed by atoms with Gasteiger partial charge in [-0.3, -0.25) is 4.79 Å². The maximum absolute atomic E-state index is 10.5. The minimum atomic E-state index is 0.818. The monoisotopic (exact) mass is 164 g/mol. The van der Waals surface area contributed by atoms with E-state index in [-0.39, 0.29) is 0 Å². The Labute approximate surface area is 71.9 Å². The number of hydrogen-bond donors (Lipinski definition) is 0. The molecule has 0 saturated carbocycles. The van der Waals surface area contributed by atoms with E-state index in [4.69, 9.17) is 4.42 Å². The van der Waals surface area contributed by atoms with Crippen LogP contribution in [-0.2, 0) is 4.79 Å². The lowest BCUT2D eigenvalue weighted by molar-refractivity contribution is -0.105. The molecule has 0 atom stereocenters. The van der Waals surface area contributed by atoms with E-state index in [2.05, 4.69) is 0 Å². The van der Waals surface area contributed by atoms with Gasteiger partial charge in [0, 0.05) is 5.56 Å². The Morgan fingerprint density at radius 1 is 1.67 bits per heavy atom. The minimum Gasteiger partial charge on any atom is -0.472 e. The fourth-order valence-corrected chi connectivity index (χ4v) is 1.02. The summed E-state index contributed by atoms with van der Waals surface area (Å²) < 4.78 is 4.88. The van der Waals surface area contributed by atoms with Crippen molar-refractivity contribution in [1.82, 2.24) is 0 Å². The Morgan fingerprint density at radius 3 is 3.00 bits per heavy atom. The van der Waals surface area contributed by atoms with Gasteiger partial charge in [0.25, 0.3) is 0 Å². The highest BCUT2D eigenvalue weighted by molar-refractivity contribution is 5.81. The van der Waals surface area contributed by atoms with Crippen molar-refractivity contribution in [2.45, 2.75) is 19.8 Å². The van der Waals surface area contributed by atoms with Crippen LogP contribution < -0.4 is 0 Å². The molecule has 0 bridgehead atoms. The van der Waals surface area contributed by atoms with Crippen molar-refractivity contribution < 1.29 is 9.21 Å². The summed E-state index contributed by atoms with van der Waals surface area (Å²) >= 11 is 0. The first kappa shape index (κ1) is 8.78. The molecule has 0 unspecified atom stereocenters. The Balaban J connectivity index is 2.71. The van der Waals surface area contributed by atoms with Crippen LogP contribution in [0.4, 0.5) is 0 Å². The summed E-state index contributed by atoms with van der Waals surface area (Å²) in [5.74, 6) is 0. The van der Waals surface area contributed by atoms with E-state index >= 15 is 0 Å². The second kappa shape index (κ2) is 4.54. The molecule has 2 nitrogen and oxygen atoms in total. The third-order valence-corrected chi connectivity index (χ3v) is 1.59. The van der Waals surface area contributed by atoms with Crippen LogP contribution in [0.1, 0.15) is 25.3 Å². The lowest BCUT2D eigenvalue weighted by atomic mass is 10.1. The fraction of sp³-hybridized carbons (Fsp3) is 0.300. The molecule has 0 saturated heterocycles. The quantitative estimate of drug-likeness (QED) is 0.506. The molecule has 0 radical (unpaired) electrons. The van der Waals surface area contributed by atoms with Crippen molar-refractivity contribution in [3.8, 4) is 0 Å². The standard InChI is InChI=1S/C10H12O2/c1-2-3-9(7-11)6-10-4-5-12-8-10/h4-8H,2-3H2,1H3. The Morgan fingerprint density at radius 2 is 2.50 bits per heavy atom. The van der Waals surface area contributed by atoms with Gasteiger partial charge in [0.1, 0.15) is 6.29 Å².